The molecule has 2 heterocycles. The zero-order valence-corrected chi connectivity index (χ0v) is 15.8. The highest BCUT2D eigenvalue weighted by atomic mass is 19.3. The maximum Gasteiger partial charge on any atom is 0.345 e. The molecular weight excluding hydrogens is 379 g/mol. The molecular formula is C22H22F3N3O. The molecule has 0 aliphatic carbocycles. The van der Waals surface area contributed by atoms with Gasteiger partial charge < -0.3 is 10.5 Å². The first kappa shape index (κ1) is 19.9. The van der Waals surface area contributed by atoms with Gasteiger partial charge in [-0.3, -0.25) is 4.90 Å². The molecule has 0 aromatic heterocycles. The summed E-state index contributed by atoms with van der Waals surface area (Å²) in [5.74, 6) is -0.639. The third kappa shape index (κ3) is 4.01. The molecule has 7 heteroatoms. The van der Waals surface area contributed by atoms with Gasteiger partial charge in [0.2, 0.25) is 0 Å². The standard InChI is InChI=1S/C22H22F3N3O/c23-19-8-14(3-4-15(19)10-26)18-7-13(1-2-16(18)12-29-22(24)25)11-28-17-5-6-21(28)20(27)9-17/h1-4,7-8,17,20-22H,5-6,9,11-12,27H2/t17-,20+,21+/m1/s1. The number of nitrogens with zero attached hydrogens (tertiary/aromatic N) is 2. The first-order chi connectivity index (χ1) is 14.0. The molecule has 29 heavy (non-hydrogen) atoms. The van der Waals surface area contributed by atoms with Crippen LogP contribution < -0.4 is 5.73 Å². The van der Waals surface area contributed by atoms with E-state index in [-0.39, 0.29) is 18.2 Å². The van der Waals surface area contributed by atoms with Gasteiger partial charge in [0, 0.05) is 24.7 Å². The van der Waals surface area contributed by atoms with Gasteiger partial charge in [-0.25, -0.2) is 4.39 Å². The molecule has 2 N–H and O–H groups in total. The Bertz CT molecular complexity index is 943. The molecule has 2 aromatic rings. The van der Waals surface area contributed by atoms with Crippen LogP contribution in [0.4, 0.5) is 13.2 Å². The van der Waals surface area contributed by atoms with Gasteiger partial charge in [-0.1, -0.05) is 18.2 Å². The second kappa shape index (κ2) is 8.15. The van der Waals surface area contributed by atoms with Crippen molar-refractivity contribution in [2.75, 3.05) is 0 Å². The number of halogens is 3. The second-order valence-electron chi connectivity index (χ2n) is 7.74. The molecule has 3 atom stereocenters. The van der Waals surface area contributed by atoms with E-state index in [9.17, 15) is 13.2 Å². The van der Waals surface area contributed by atoms with Crippen LogP contribution in [0.5, 0.6) is 0 Å². The third-order valence-corrected chi connectivity index (χ3v) is 6.03. The van der Waals surface area contributed by atoms with Gasteiger partial charge in [-0.05, 0) is 59.7 Å². The molecule has 2 saturated heterocycles. The summed E-state index contributed by atoms with van der Waals surface area (Å²) in [5, 5.41) is 8.95. The van der Waals surface area contributed by atoms with Crippen LogP contribution in [0.25, 0.3) is 11.1 Å². The maximum atomic E-state index is 14.2. The van der Waals surface area contributed by atoms with Crippen molar-refractivity contribution in [3.05, 3.63) is 58.9 Å². The summed E-state index contributed by atoms with van der Waals surface area (Å²) in [7, 11) is 0. The molecule has 152 valence electrons. The van der Waals surface area contributed by atoms with Crippen molar-refractivity contribution in [2.45, 2.75) is 57.2 Å². The fourth-order valence-electron chi connectivity index (χ4n) is 4.65. The normalized spacial score (nSPS) is 23.7. The molecule has 0 saturated carbocycles. The fraction of sp³-hybridized carbons (Fsp3) is 0.409. The topological polar surface area (TPSA) is 62.3 Å². The van der Waals surface area contributed by atoms with Crippen LogP contribution in [0.15, 0.2) is 36.4 Å². The van der Waals surface area contributed by atoms with Crippen LogP contribution in [0.3, 0.4) is 0 Å². The monoisotopic (exact) mass is 401 g/mol. The fourth-order valence-corrected chi connectivity index (χ4v) is 4.65. The zero-order chi connectivity index (χ0) is 20.5. The number of nitrogens with two attached hydrogens (primary N) is 1. The van der Waals surface area contributed by atoms with Crippen LogP contribution in [0, 0.1) is 17.1 Å². The lowest BCUT2D eigenvalue weighted by Gasteiger charge is -2.23. The summed E-state index contributed by atoms with van der Waals surface area (Å²) in [6, 6.07) is 12.7. The van der Waals surface area contributed by atoms with Crippen molar-refractivity contribution in [3.63, 3.8) is 0 Å². The van der Waals surface area contributed by atoms with Crippen molar-refractivity contribution in [2.24, 2.45) is 5.73 Å². The Kier molecular flexibility index (Phi) is 5.59. The van der Waals surface area contributed by atoms with E-state index >= 15 is 0 Å². The molecule has 2 bridgehead atoms. The summed E-state index contributed by atoms with van der Waals surface area (Å²) in [4.78, 5) is 2.42. The highest BCUT2D eigenvalue weighted by molar-refractivity contribution is 5.69. The van der Waals surface area contributed by atoms with Crippen molar-refractivity contribution in [3.8, 4) is 17.2 Å². The quantitative estimate of drug-likeness (QED) is 0.789. The molecule has 0 amide bonds. The predicted molar refractivity (Wildman–Crippen MR) is 102 cm³/mol. The Hall–Kier alpha value is -2.40. The molecule has 4 nitrogen and oxygen atoms in total. The SMILES string of the molecule is N#Cc1ccc(-c2cc(CN3[C@@H]4CC[C@H]3[C@@H](N)C4)ccc2COC(F)F)cc1F. The number of rotatable bonds is 6. The minimum atomic E-state index is -2.89. The van der Waals surface area contributed by atoms with E-state index in [0.717, 1.165) is 24.8 Å². The van der Waals surface area contributed by atoms with Crippen LogP contribution in [0.1, 0.15) is 36.0 Å². The van der Waals surface area contributed by atoms with Crippen molar-refractivity contribution in [1.29, 1.82) is 5.26 Å². The van der Waals surface area contributed by atoms with Crippen LogP contribution in [-0.4, -0.2) is 29.6 Å². The van der Waals surface area contributed by atoms with Crippen LogP contribution >= 0.6 is 0 Å². The van der Waals surface area contributed by atoms with E-state index in [0.29, 0.717) is 35.3 Å². The minimum absolute atomic E-state index is 0.0575. The highest BCUT2D eigenvalue weighted by Crippen LogP contribution is 2.38. The van der Waals surface area contributed by atoms with E-state index in [1.54, 1.807) is 18.2 Å². The minimum Gasteiger partial charge on any atom is -0.326 e. The Labute approximate surface area is 167 Å². The first-order valence-corrected chi connectivity index (χ1v) is 9.69. The van der Waals surface area contributed by atoms with Gasteiger partial charge in [0.05, 0.1) is 12.2 Å². The number of hydrogen-bond acceptors (Lipinski definition) is 4. The highest BCUT2D eigenvalue weighted by Gasteiger charge is 2.44. The number of ether oxygens (including phenoxy) is 1. The Morgan fingerprint density at radius 2 is 2.03 bits per heavy atom. The van der Waals surface area contributed by atoms with Gasteiger partial charge in [0.25, 0.3) is 0 Å². The molecule has 0 spiro atoms. The summed E-state index contributed by atoms with van der Waals surface area (Å²) < 4.78 is 43.8. The van der Waals surface area contributed by atoms with E-state index in [1.165, 1.54) is 12.1 Å². The smallest absolute Gasteiger partial charge is 0.326 e. The maximum absolute atomic E-state index is 14.2. The lowest BCUT2D eigenvalue weighted by Crippen LogP contribution is -2.36. The van der Waals surface area contributed by atoms with E-state index in [2.05, 4.69) is 9.64 Å². The zero-order valence-electron chi connectivity index (χ0n) is 15.8. The third-order valence-electron chi connectivity index (χ3n) is 6.03. The largest absolute Gasteiger partial charge is 0.345 e. The van der Waals surface area contributed by atoms with Gasteiger partial charge in [0.1, 0.15) is 11.9 Å². The van der Waals surface area contributed by atoms with Crippen LogP contribution in [-0.2, 0) is 17.9 Å². The van der Waals surface area contributed by atoms with E-state index < -0.39 is 12.4 Å². The van der Waals surface area contributed by atoms with Crippen LogP contribution in [0.2, 0.25) is 0 Å². The average Bonchev–Trinajstić information content (AvgIpc) is 3.22. The number of hydrogen-bond donors (Lipinski definition) is 1. The van der Waals surface area contributed by atoms with Gasteiger partial charge in [-0.15, -0.1) is 0 Å². The van der Waals surface area contributed by atoms with Gasteiger partial charge >= 0.3 is 6.61 Å². The molecule has 2 fully saturated rings. The summed E-state index contributed by atoms with van der Waals surface area (Å²) >= 11 is 0. The first-order valence-electron chi connectivity index (χ1n) is 9.69. The lowest BCUT2D eigenvalue weighted by molar-refractivity contribution is -0.137. The molecule has 2 aromatic carbocycles. The summed E-state index contributed by atoms with van der Waals surface area (Å²) in [6.07, 6.45) is 3.24. The van der Waals surface area contributed by atoms with E-state index in [4.69, 9.17) is 11.0 Å². The van der Waals surface area contributed by atoms with Crippen molar-refractivity contribution < 1.29 is 17.9 Å². The van der Waals surface area contributed by atoms with Crippen molar-refractivity contribution >= 4 is 0 Å². The predicted octanol–water partition coefficient (Wildman–Crippen LogP) is 4.17. The molecule has 0 unspecified atom stereocenters. The number of alkyl halides is 2. The Morgan fingerprint density at radius 3 is 2.66 bits per heavy atom. The average molecular weight is 401 g/mol. The molecule has 2 aliphatic rings. The van der Waals surface area contributed by atoms with Gasteiger partial charge in [-0.2, -0.15) is 14.0 Å². The lowest BCUT2D eigenvalue weighted by atomic mass is 9.96. The van der Waals surface area contributed by atoms with Gasteiger partial charge in [0.15, 0.2) is 0 Å². The second-order valence-corrected chi connectivity index (χ2v) is 7.74. The Morgan fingerprint density at radius 1 is 1.21 bits per heavy atom. The molecule has 4 rings (SSSR count). The number of nitriles is 1. The molecule has 0 radical (unpaired) electrons. The Balaban J connectivity index is 1.66. The van der Waals surface area contributed by atoms with E-state index in [1.807, 2.05) is 12.1 Å². The van der Waals surface area contributed by atoms with Crippen molar-refractivity contribution in [1.82, 2.24) is 4.90 Å². The number of fused-ring (bicyclic) bond motifs is 2. The number of benzene rings is 2. The summed E-state index contributed by atoms with van der Waals surface area (Å²) in [5.41, 5.74) is 8.87. The molecule has 2 aliphatic heterocycles. The summed E-state index contributed by atoms with van der Waals surface area (Å²) in [6.45, 7) is -2.46.